The molecule has 0 aliphatic rings. The minimum absolute atomic E-state index is 0. The van der Waals surface area contributed by atoms with Gasteiger partial charge in [0.2, 0.25) is 0 Å². The molecule has 5 aromatic heterocycles. The van der Waals surface area contributed by atoms with Crippen molar-refractivity contribution < 1.29 is 8.83 Å². The third-order valence-corrected chi connectivity index (χ3v) is 7.81. The topological polar surface area (TPSA) is 74.8 Å². The van der Waals surface area contributed by atoms with Crippen molar-refractivity contribution in [2.24, 2.45) is 14.1 Å². The number of thiazole rings is 1. The van der Waals surface area contributed by atoms with Crippen molar-refractivity contribution in [1.82, 2.24) is 24.1 Å². The van der Waals surface area contributed by atoms with Gasteiger partial charge >= 0.3 is 0 Å². The highest BCUT2D eigenvalue weighted by Gasteiger charge is 1.99. The van der Waals surface area contributed by atoms with E-state index in [4.69, 9.17) is 8.83 Å². The number of rotatable bonds is 0. The lowest BCUT2D eigenvalue weighted by Gasteiger charge is -1.97. The Kier molecular flexibility index (Phi) is 27.1. The minimum Gasteiger partial charge on any atom is -0.466 e. The van der Waals surface area contributed by atoms with Crippen LogP contribution in [0.15, 0.2) is 27.2 Å². The Morgan fingerprint density at radius 1 is 0.609 bits per heavy atom. The van der Waals surface area contributed by atoms with Gasteiger partial charge in [-0.3, -0.25) is 0 Å². The van der Waals surface area contributed by atoms with Crippen LogP contribution < -0.4 is 0 Å². The van der Waals surface area contributed by atoms with E-state index in [0.29, 0.717) is 0 Å². The van der Waals surface area contributed by atoms with Crippen molar-refractivity contribution >= 4 is 11.3 Å². The molecule has 0 saturated heterocycles. The van der Waals surface area contributed by atoms with Gasteiger partial charge in [0.15, 0.2) is 5.89 Å². The first kappa shape index (κ1) is 52.2. The zero-order chi connectivity index (χ0) is 31.6. The number of hydrogen-bond donors (Lipinski definition) is 0. The number of aromatic nitrogens is 5. The summed E-state index contributed by atoms with van der Waals surface area (Å²) in [5, 5.41) is 1.17. The molecule has 0 radical (unpaired) electrons. The zero-order valence-corrected chi connectivity index (χ0v) is 29.0. The average Bonchev–Trinajstić information content (AvgIpc) is 3.58. The second-order valence-electron chi connectivity index (χ2n) is 10.5. The molecule has 0 spiro atoms. The summed E-state index contributed by atoms with van der Waals surface area (Å²) < 4.78 is 14.5. The predicted octanol–water partition coefficient (Wildman–Crippen LogP) is 12.0. The molecule has 0 N–H and O–H groups in total. The first-order valence-corrected chi connectivity index (χ1v) is 14.6. The van der Waals surface area contributed by atoms with E-state index in [-0.39, 0.29) is 37.1 Å². The molecule has 0 unspecified atom stereocenters. The molecule has 266 valence electrons. The summed E-state index contributed by atoms with van der Waals surface area (Å²) in [6, 6.07) is 4.24. The van der Waals surface area contributed by atoms with Gasteiger partial charge in [-0.2, -0.15) is 0 Å². The van der Waals surface area contributed by atoms with Gasteiger partial charge < -0.3 is 18.0 Å². The number of aryl methyl sites for hydroxylation is 14. The molecule has 0 aliphatic carbocycles. The second-order valence-corrected chi connectivity index (χ2v) is 11.9. The molecule has 5 aromatic rings. The standard InChI is InChI=1S/C8H13N.C7H10O.C6H10N2.C6H9NO.C6H9NS.5CH4/c1-6-5-7(2)9(4)8(6)3;1-5-4-6(2)8-7(5)3;1-5-4-8(3)6(2)7-5;2*1-4-5(2)8-6(3)7-4;;;;;/h5H,1-4H3;2*4H,1-3H3;2*1-3H3;5*1H4. The third kappa shape index (κ3) is 17.3. The van der Waals surface area contributed by atoms with Crippen molar-refractivity contribution in [3.05, 3.63) is 96.8 Å². The van der Waals surface area contributed by atoms with Gasteiger partial charge in [0.25, 0.3) is 0 Å². The average molecular weight is 662 g/mol. The molecular formula is C38H71N5O2S. The van der Waals surface area contributed by atoms with Crippen molar-refractivity contribution in [2.45, 2.75) is 134 Å². The van der Waals surface area contributed by atoms with Gasteiger partial charge in [0, 0.05) is 43.5 Å². The number of furan rings is 1. The van der Waals surface area contributed by atoms with Crippen LogP contribution in [-0.4, -0.2) is 24.1 Å². The summed E-state index contributed by atoms with van der Waals surface area (Å²) in [5.41, 5.74) is 8.58. The predicted molar refractivity (Wildman–Crippen MR) is 206 cm³/mol. The fourth-order valence-corrected chi connectivity index (χ4v) is 4.62. The molecule has 46 heavy (non-hydrogen) atoms. The monoisotopic (exact) mass is 662 g/mol. The van der Waals surface area contributed by atoms with E-state index in [1.165, 1.54) is 38.1 Å². The normalized spacial score (nSPS) is 8.87. The van der Waals surface area contributed by atoms with E-state index in [9.17, 15) is 0 Å². The summed E-state index contributed by atoms with van der Waals surface area (Å²) in [6.45, 7) is 28.2. The maximum absolute atomic E-state index is 5.21. The Morgan fingerprint density at radius 2 is 1.15 bits per heavy atom. The molecule has 0 saturated carbocycles. The van der Waals surface area contributed by atoms with Gasteiger partial charge in [0.1, 0.15) is 23.1 Å². The summed E-state index contributed by atoms with van der Waals surface area (Å²) in [7, 11) is 4.09. The van der Waals surface area contributed by atoms with Crippen molar-refractivity contribution in [1.29, 1.82) is 0 Å². The first-order valence-electron chi connectivity index (χ1n) is 13.8. The lowest BCUT2D eigenvalue weighted by molar-refractivity contribution is 0.493. The molecule has 8 heteroatoms. The van der Waals surface area contributed by atoms with E-state index in [0.717, 1.165) is 40.4 Å². The zero-order valence-electron chi connectivity index (χ0n) is 28.2. The highest BCUT2D eigenvalue weighted by Crippen LogP contribution is 2.14. The van der Waals surface area contributed by atoms with Gasteiger partial charge in [-0.1, -0.05) is 37.1 Å². The maximum atomic E-state index is 5.21. The van der Waals surface area contributed by atoms with Crippen LogP contribution in [0, 0.1) is 96.9 Å². The van der Waals surface area contributed by atoms with E-state index < -0.39 is 0 Å². The van der Waals surface area contributed by atoms with Crippen molar-refractivity contribution in [2.75, 3.05) is 0 Å². The number of hydrogen-bond acceptors (Lipinski definition) is 6. The van der Waals surface area contributed by atoms with E-state index >= 15 is 0 Å². The van der Waals surface area contributed by atoms with Gasteiger partial charge in [-0.15, -0.1) is 11.3 Å². The van der Waals surface area contributed by atoms with Crippen molar-refractivity contribution in [3.8, 4) is 0 Å². The van der Waals surface area contributed by atoms with Crippen LogP contribution in [0.25, 0.3) is 0 Å². The molecule has 5 heterocycles. The fourth-order valence-electron chi connectivity index (χ4n) is 3.80. The van der Waals surface area contributed by atoms with Crippen LogP contribution in [0.1, 0.15) is 116 Å². The number of nitrogens with zero attached hydrogens (tertiary/aromatic N) is 5. The lowest BCUT2D eigenvalue weighted by atomic mass is 10.3. The maximum Gasteiger partial charge on any atom is 0.191 e. The molecular weight excluding hydrogens is 591 g/mol. The van der Waals surface area contributed by atoms with Crippen LogP contribution in [-0.2, 0) is 14.1 Å². The Morgan fingerprint density at radius 3 is 1.26 bits per heavy atom. The van der Waals surface area contributed by atoms with Crippen LogP contribution in [0.3, 0.4) is 0 Å². The minimum atomic E-state index is 0. The second kappa shape index (κ2) is 23.9. The highest BCUT2D eigenvalue weighted by molar-refractivity contribution is 7.11. The van der Waals surface area contributed by atoms with E-state index in [2.05, 4.69) is 60.3 Å². The SMILES string of the molecule is C.C.C.C.C.Cc1cc(C)c(C)o1.Cc1cc(C)n(C)c1C.Cc1cn(C)c(C)n1.Cc1nc(C)c(C)o1.Cc1nc(C)c(C)s1. The van der Waals surface area contributed by atoms with Gasteiger partial charge in [-0.05, 0) is 113 Å². The Balaban J connectivity index is -0.000000148. The van der Waals surface area contributed by atoms with Gasteiger partial charge in [-0.25, -0.2) is 15.0 Å². The molecule has 0 fully saturated rings. The third-order valence-electron chi connectivity index (χ3n) is 6.82. The largest absolute Gasteiger partial charge is 0.466 e. The summed E-state index contributed by atoms with van der Waals surface area (Å²) >= 11 is 1.76. The Bertz CT molecular complexity index is 1230. The quantitative estimate of drug-likeness (QED) is 0.165. The molecule has 5 rings (SSSR count). The Labute approximate surface area is 288 Å². The van der Waals surface area contributed by atoms with E-state index in [1.54, 1.807) is 11.3 Å². The lowest BCUT2D eigenvalue weighted by Crippen LogP contribution is -1.92. The highest BCUT2D eigenvalue weighted by atomic mass is 32.1. The molecule has 0 aliphatic heterocycles. The molecule has 0 aromatic carbocycles. The Hall–Kier alpha value is -3.39. The smallest absolute Gasteiger partial charge is 0.191 e. The number of imidazole rings is 1. The summed E-state index contributed by atoms with van der Waals surface area (Å²) in [6.07, 6.45) is 2.01. The van der Waals surface area contributed by atoms with Gasteiger partial charge in [0.05, 0.1) is 22.1 Å². The first-order chi connectivity index (χ1) is 18.9. The fraction of sp³-hybridized carbons (Fsp3) is 0.553. The molecule has 0 atom stereocenters. The van der Waals surface area contributed by atoms with Crippen LogP contribution in [0.5, 0.6) is 0 Å². The molecule has 0 amide bonds. The molecule has 0 bridgehead atoms. The van der Waals surface area contributed by atoms with Crippen LogP contribution in [0.2, 0.25) is 0 Å². The van der Waals surface area contributed by atoms with Crippen molar-refractivity contribution in [3.63, 3.8) is 0 Å². The van der Waals surface area contributed by atoms with E-state index in [1.807, 2.05) is 93.1 Å². The van der Waals surface area contributed by atoms with Crippen LogP contribution in [0.4, 0.5) is 0 Å². The molecule has 7 nitrogen and oxygen atoms in total. The van der Waals surface area contributed by atoms with Crippen LogP contribution >= 0.6 is 11.3 Å². The summed E-state index contributed by atoms with van der Waals surface area (Å²) in [4.78, 5) is 13.8. The summed E-state index contributed by atoms with van der Waals surface area (Å²) in [5.74, 6) is 4.77. The number of oxazole rings is 1.